The van der Waals surface area contributed by atoms with Gasteiger partial charge in [-0.1, -0.05) is 62.7 Å². The SMILES string of the molecule is CCC(C)CCNC(=O)c1ccc2c(c1)C(=C(Nc1ccc(CN3CCCC3)cc1)c1ccccc1)C(=O)N2. The molecule has 2 amide bonds. The van der Waals surface area contributed by atoms with E-state index in [0.29, 0.717) is 35.0 Å². The maximum absolute atomic E-state index is 13.3. The molecule has 6 heteroatoms. The Hall–Kier alpha value is -3.90. The van der Waals surface area contributed by atoms with Crippen LogP contribution in [0.5, 0.6) is 0 Å². The topological polar surface area (TPSA) is 73.5 Å². The third kappa shape index (κ3) is 6.40. The minimum Gasteiger partial charge on any atom is -0.354 e. The third-order valence-corrected chi connectivity index (χ3v) is 7.79. The van der Waals surface area contributed by atoms with Crippen molar-refractivity contribution in [3.63, 3.8) is 0 Å². The van der Waals surface area contributed by atoms with E-state index in [2.05, 4.69) is 59.0 Å². The molecule has 0 spiro atoms. The lowest BCUT2D eigenvalue weighted by Crippen LogP contribution is -2.25. The van der Waals surface area contributed by atoms with Crippen molar-refractivity contribution in [1.82, 2.24) is 10.2 Å². The molecule has 2 aliphatic rings. The number of anilines is 2. The summed E-state index contributed by atoms with van der Waals surface area (Å²) in [6.07, 6.45) is 4.58. The molecule has 1 atom stereocenters. The van der Waals surface area contributed by atoms with E-state index in [0.717, 1.165) is 49.3 Å². The zero-order chi connectivity index (χ0) is 27.2. The molecule has 3 aromatic rings. The summed E-state index contributed by atoms with van der Waals surface area (Å²) < 4.78 is 0. The van der Waals surface area contributed by atoms with E-state index in [1.165, 1.54) is 18.4 Å². The molecule has 5 rings (SSSR count). The number of carbonyl (C=O) groups is 2. The lowest BCUT2D eigenvalue weighted by molar-refractivity contribution is -0.110. The fraction of sp³-hybridized carbons (Fsp3) is 0.333. The van der Waals surface area contributed by atoms with Gasteiger partial charge < -0.3 is 16.0 Å². The highest BCUT2D eigenvalue weighted by Gasteiger charge is 2.29. The summed E-state index contributed by atoms with van der Waals surface area (Å²) in [5, 5.41) is 9.56. The Morgan fingerprint density at radius 2 is 1.72 bits per heavy atom. The summed E-state index contributed by atoms with van der Waals surface area (Å²) in [5.74, 6) is 0.259. The smallest absolute Gasteiger partial charge is 0.258 e. The number of amides is 2. The van der Waals surface area contributed by atoms with Crippen LogP contribution in [0.1, 0.15) is 66.6 Å². The van der Waals surface area contributed by atoms with Crippen molar-refractivity contribution in [2.75, 3.05) is 30.3 Å². The van der Waals surface area contributed by atoms with Gasteiger partial charge in [0.15, 0.2) is 0 Å². The van der Waals surface area contributed by atoms with Crippen molar-refractivity contribution >= 4 is 34.5 Å². The van der Waals surface area contributed by atoms with Crippen LogP contribution in [-0.4, -0.2) is 36.3 Å². The van der Waals surface area contributed by atoms with Crippen molar-refractivity contribution in [2.24, 2.45) is 5.92 Å². The first-order valence-electron chi connectivity index (χ1n) is 14.1. The van der Waals surface area contributed by atoms with Gasteiger partial charge in [0.2, 0.25) is 0 Å². The minimum atomic E-state index is -0.184. The molecule has 0 aliphatic carbocycles. The number of nitrogens with one attached hydrogen (secondary N) is 3. The Bertz CT molecular complexity index is 1340. The number of carbonyl (C=O) groups excluding carboxylic acids is 2. The fourth-order valence-corrected chi connectivity index (χ4v) is 5.22. The molecule has 39 heavy (non-hydrogen) atoms. The predicted molar refractivity (Wildman–Crippen MR) is 159 cm³/mol. The van der Waals surface area contributed by atoms with Crippen LogP contribution in [0.25, 0.3) is 11.3 Å². The first-order valence-corrected chi connectivity index (χ1v) is 14.1. The van der Waals surface area contributed by atoms with E-state index in [9.17, 15) is 9.59 Å². The summed E-state index contributed by atoms with van der Waals surface area (Å²) in [7, 11) is 0. The van der Waals surface area contributed by atoms with Crippen LogP contribution >= 0.6 is 0 Å². The van der Waals surface area contributed by atoms with Crippen molar-refractivity contribution in [3.8, 4) is 0 Å². The second kappa shape index (κ2) is 12.3. The average molecular weight is 523 g/mol. The predicted octanol–water partition coefficient (Wildman–Crippen LogP) is 6.38. The number of likely N-dealkylation sites (tertiary alicyclic amines) is 1. The Labute approximate surface area is 231 Å². The van der Waals surface area contributed by atoms with Gasteiger partial charge in [-0.3, -0.25) is 14.5 Å². The van der Waals surface area contributed by atoms with Gasteiger partial charge >= 0.3 is 0 Å². The summed E-state index contributed by atoms with van der Waals surface area (Å²) in [4.78, 5) is 28.8. The fourth-order valence-electron chi connectivity index (χ4n) is 5.22. The first kappa shape index (κ1) is 26.7. The molecule has 0 aromatic heterocycles. The highest BCUT2D eigenvalue weighted by molar-refractivity contribution is 6.37. The molecule has 0 saturated carbocycles. The monoisotopic (exact) mass is 522 g/mol. The molecule has 3 N–H and O–H groups in total. The molecule has 0 radical (unpaired) electrons. The summed E-state index contributed by atoms with van der Waals surface area (Å²) in [6, 6.07) is 23.7. The maximum Gasteiger partial charge on any atom is 0.258 e. The van der Waals surface area contributed by atoms with Crippen molar-refractivity contribution in [2.45, 2.75) is 46.1 Å². The number of rotatable bonds is 10. The van der Waals surface area contributed by atoms with Crippen LogP contribution < -0.4 is 16.0 Å². The van der Waals surface area contributed by atoms with Gasteiger partial charge in [-0.25, -0.2) is 0 Å². The molecule has 202 valence electrons. The van der Waals surface area contributed by atoms with Crippen molar-refractivity contribution < 1.29 is 9.59 Å². The number of hydrogen-bond acceptors (Lipinski definition) is 4. The van der Waals surface area contributed by atoms with Crippen molar-refractivity contribution in [3.05, 3.63) is 95.1 Å². The van der Waals surface area contributed by atoms with Crippen LogP contribution in [-0.2, 0) is 11.3 Å². The number of fused-ring (bicyclic) bond motifs is 1. The number of hydrogen-bond donors (Lipinski definition) is 3. The van der Waals surface area contributed by atoms with Gasteiger partial charge in [0.25, 0.3) is 11.8 Å². The minimum absolute atomic E-state index is 0.123. The summed E-state index contributed by atoms with van der Waals surface area (Å²) >= 11 is 0. The average Bonchev–Trinajstić information content (AvgIpc) is 3.59. The number of nitrogens with zero attached hydrogens (tertiary/aromatic N) is 1. The Balaban J connectivity index is 1.44. The molecule has 1 unspecified atom stereocenters. The maximum atomic E-state index is 13.3. The van der Waals surface area contributed by atoms with Gasteiger partial charge in [-0.05, 0) is 79.7 Å². The highest BCUT2D eigenvalue weighted by atomic mass is 16.2. The highest BCUT2D eigenvalue weighted by Crippen LogP contribution is 2.38. The van der Waals surface area contributed by atoms with Gasteiger partial charge in [0.1, 0.15) is 0 Å². The van der Waals surface area contributed by atoms with E-state index in [4.69, 9.17) is 0 Å². The zero-order valence-corrected chi connectivity index (χ0v) is 22.9. The van der Waals surface area contributed by atoms with Crippen LogP contribution in [0.2, 0.25) is 0 Å². The molecular formula is C33H38N4O2. The quantitative estimate of drug-likeness (QED) is 0.270. The van der Waals surface area contributed by atoms with Gasteiger partial charge in [-0.2, -0.15) is 0 Å². The molecule has 2 heterocycles. The van der Waals surface area contributed by atoms with Crippen LogP contribution in [0.4, 0.5) is 11.4 Å². The standard InChI is InChI=1S/C33H38N4O2/c1-3-23(2)17-18-34-32(38)26-13-16-29-28(21-26)30(33(39)36-29)31(25-9-5-4-6-10-25)35-27-14-11-24(12-15-27)22-37-19-7-8-20-37/h4-6,9-16,21,23,35H,3,7-8,17-20,22H2,1-2H3,(H,34,38)(H,36,39). The lowest BCUT2D eigenvalue weighted by Gasteiger charge is -2.17. The molecule has 2 aliphatic heterocycles. The van der Waals surface area contributed by atoms with Gasteiger partial charge in [0, 0.05) is 35.6 Å². The van der Waals surface area contributed by atoms with Crippen LogP contribution in [0.3, 0.4) is 0 Å². The Morgan fingerprint density at radius 3 is 2.44 bits per heavy atom. The summed E-state index contributed by atoms with van der Waals surface area (Å²) in [6.45, 7) is 8.27. The van der Waals surface area contributed by atoms with E-state index < -0.39 is 0 Å². The molecule has 6 nitrogen and oxygen atoms in total. The molecule has 0 bridgehead atoms. The second-order valence-corrected chi connectivity index (χ2v) is 10.7. The van der Waals surface area contributed by atoms with Crippen LogP contribution in [0, 0.1) is 5.92 Å². The number of benzene rings is 3. The Morgan fingerprint density at radius 1 is 0.974 bits per heavy atom. The third-order valence-electron chi connectivity index (χ3n) is 7.79. The van der Waals surface area contributed by atoms with Crippen LogP contribution in [0.15, 0.2) is 72.8 Å². The molecular weight excluding hydrogens is 484 g/mol. The van der Waals surface area contributed by atoms with E-state index in [1.807, 2.05) is 42.5 Å². The molecule has 3 aromatic carbocycles. The molecule has 1 fully saturated rings. The summed E-state index contributed by atoms with van der Waals surface area (Å²) in [5.41, 5.74) is 6.33. The zero-order valence-electron chi connectivity index (χ0n) is 22.9. The van der Waals surface area contributed by atoms with Crippen molar-refractivity contribution in [1.29, 1.82) is 0 Å². The Kier molecular flexibility index (Phi) is 8.42. The van der Waals surface area contributed by atoms with Gasteiger partial charge in [-0.15, -0.1) is 0 Å². The molecule has 1 saturated heterocycles. The lowest BCUT2D eigenvalue weighted by atomic mass is 9.98. The largest absolute Gasteiger partial charge is 0.354 e. The van der Waals surface area contributed by atoms with E-state index in [1.54, 1.807) is 6.07 Å². The first-order chi connectivity index (χ1) is 19.0. The van der Waals surface area contributed by atoms with Gasteiger partial charge in [0.05, 0.1) is 11.3 Å². The van der Waals surface area contributed by atoms with E-state index >= 15 is 0 Å². The second-order valence-electron chi connectivity index (χ2n) is 10.7. The normalized spacial score (nSPS) is 16.9. The van der Waals surface area contributed by atoms with E-state index in [-0.39, 0.29) is 11.8 Å².